The number of likely N-dealkylation sites (tertiary alicyclic amines) is 1. The van der Waals surface area contributed by atoms with Crippen LogP contribution in [0.25, 0.3) is 0 Å². The van der Waals surface area contributed by atoms with Crippen LogP contribution in [-0.2, 0) is 0 Å². The fourth-order valence-corrected chi connectivity index (χ4v) is 3.90. The van der Waals surface area contributed by atoms with Crippen molar-refractivity contribution < 1.29 is 9.90 Å². The van der Waals surface area contributed by atoms with Crippen LogP contribution in [0.1, 0.15) is 58.8 Å². The van der Waals surface area contributed by atoms with E-state index in [9.17, 15) is 9.90 Å². The minimum atomic E-state index is 0.0512. The van der Waals surface area contributed by atoms with E-state index in [2.05, 4.69) is 19.2 Å². The molecular weight excluding hydrogens is 264 g/mol. The number of urea groups is 1. The maximum Gasteiger partial charge on any atom is 0.317 e. The predicted octanol–water partition coefficient (Wildman–Crippen LogP) is 3.01. The highest BCUT2D eigenvalue weighted by Crippen LogP contribution is 2.34. The van der Waals surface area contributed by atoms with Crippen molar-refractivity contribution in [2.75, 3.05) is 26.2 Å². The van der Waals surface area contributed by atoms with Crippen LogP contribution >= 0.6 is 0 Å². The summed E-state index contributed by atoms with van der Waals surface area (Å²) in [4.78, 5) is 14.2. The maximum atomic E-state index is 12.3. The van der Waals surface area contributed by atoms with Gasteiger partial charge in [-0.2, -0.15) is 0 Å². The first-order valence-electron chi connectivity index (χ1n) is 8.72. The fourth-order valence-electron chi connectivity index (χ4n) is 3.90. The number of piperidine rings is 1. The quantitative estimate of drug-likeness (QED) is 0.838. The number of hydrogen-bond donors (Lipinski definition) is 2. The van der Waals surface area contributed by atoms with Crippen molar-refractivity contribution in [2.45, 2.75) is 58.8 Å². The molecule has 4 heteroatoms. The van der Waals surface area contributed by atoms with Crippen LogP contribution in [0.3, 0.4) is 0 Å². The summed E-state index contributed by atoms with van der Waals surface area (Å²) in [7, 11) is 0. The second-order valence-corrected chi connectivity index (χ2v) is 7.32. The summed E-state index contributed by atoms with van der Waals surface area (Å²) < 4.78 is 0. The van der Waals surface area contributed by atoms with Gasteiger partial charge in [-0.1, -0.05) is 26.7 Å². The third kappa shape index (κ3) is 4.35. The third-order valence-electron chi connectivity index (χ3n) is 5.78. The van der Waals surface area contributed by atoms with E-state index in [1.807, 2.05) is 4.90 Å². The highest BCUT2D eigenvalue weighted by atomic mass is 16.3. The Morgan fingerprint density at radius 2 is 2.05 bits per heavy atom. The molecule has 0 bridgehead atoms. The number of nitrogens with zero attached hydrogens (tertiary/aromatic N) is 1. The first kappa shape index (κ1) is 16.6. The Bertz CT molecular complexity index is 332. The maximum absolute atomic E-state index is 12.3. The lowest BCUT2D eigenvalue weighted by molar-refractivity contribution is 0.0517. The van der Waals surface area contributed by atoms with Gasteiger partial charge in [0, 0.05) is 26.2 Å². The number of amides is 2. The molecule has 1 heterocycles. The number of hydrogen-bond acceptors (Lipinski definition) is 2. The van der Waals surface area contributed by atoms with Crippen LogP contribution in [0.5, 0.6) is 0 Å². The van der Waals surface area contributed by atoms with E-state index in [-0.39, 0.29) is 18.1 Å². The highest BCUT2D eigenvalue weighted by Gasteiger charge is 2.34. The van der Waals surface area contributed by atoms with Crippen molar-refractivity contribution >= 4 is 6.03 Å². The van der Waals surface area contributed by atoms with Gasteiger partial charge < -0.3 is 15.3 Å². The molecule has 0 spiro atoms. The molecular formula is C17H32N2O2. The summed E-state index contributed by atoms with van der Waals surface area (Å²) in [5.41, 5.74) is 0.0512. The van der Waals surface area contributed by atoms with Crippen LogP contribution in [0.2, 0.25) is 0 Å². The van der Waals surface area contributed by atoms with Crippen LogP contribution in [0.15, 0.2) is 0 Å². The van der Waals surface area contributed by atoms with Crippen molar-refractivity contribution in [1.29, 1.82) is 0 Å². The van der Waals surface area contributed by atoms with Gasteiger partial charge in [-0.05, 0) is 49.4 Å². The summed E-state index contributed by atoms with van der Waals surface area (Å²) in [5, 5.41) is 12.7. The molecule has 0 aromatic heterocycles. The number of carbonyl (C=O) groups is 1. The van der Waals surface area contributed by atoms with Crippen molar-refractivity contribution in [2.24, 2.45) is 17.3 Å². The molecule has 2 amide bonds. The minimum absolute atomic E-state index is 0.0512. The third-order valence-corrected chi connectivity index (χ3v) is 5.78. The van der Waals surface area contributed by atoms with E-state index in [0.717, 1.165) is 44.8 Å². The Morgan fingerprint density at radius 3 is 2.62 bits per heavy atom. The molecule has 4 nitrogen and oxygen atoms in total. The zero-order valence-corrected chi connectivity index (χ0v) is 13.7. The first-order valence-corrected chi connectivity index (χ1v) is 8.72. The van der Waals surface area contributed by atoms with Gasteiger partial charge in [0.15, 0.2) is 0 Å². The second-order valence-electron chi connectivity index (χ2n) is 7.32. The predicted molar refractivity (Wildman–Crippen MR) is 85.1 cm³/mol. The normalized spacial score (nSPS) is 29.2. The van der Waals surface area contributed by atoms with Crippen molar-refractivity contribution in [3.63, 3.8) is 0 Å². The number of carbonyl (C=O) groups excluding carboxylic acids is 1. The zero-order valence-electron chi connectivity index (χ0n) is 13.7. The lowest BCUT2D eigenvalue weighted by atomic mass is 9.77. The molecule has 0 aromatic carbocycles. The van der Waals surface area contributed by atoms with Crippen LogP contribution in [-0.4, -0.2) is 42.3 Å². The summed E-state index contributed by atoms with van der Waals surface area (Å²) in [6.07, 6.45) is 8.01. The van der Waals surface area contributed by atoms with Gasteiger partial charge in [0.1, 0.15) is 0 Å². The van der Waals surface area contributed by atoms with E-state index < -0.39 is 0 Å². The van der Waals surface area contributed by atoms with Crippen molar-refractivity contribution in [3.05, 3.63) is 0 Å². The first-order chi connectivity index (χ1) is 10.1. The van der Waals surface area contributed by atoms with E-state index in [4.69, 9.17) is 0 Å². The van der Waals surface area contributed by atoms with Gasteiger partial charge in [0.05, 0.1) is 0 Å². The Kier molecular flexibility index (Phi) is 5.91. The molecule has 2 unspecified atom stereocenters. The topological polar surface area (TPSA) is 52.6 Å². The molecule has 2 rings (SSSR count). The lowest BCUT2D eigenvalue weighted by Gasteiger charge is -2.40. The molecule has 2 atom stereocenters. The van der Waals surface area contributed by atoms with E-state index in [0.29, 0.717) is 5.92 Å². The summed E-state index contributed by atoms with van der Waals surface area (Å²) in [5.74, 6) is 1.47. The Labute approximate surface area is 129 Å². The summed E-state index contributed by atoms with van der Waals surface area (Å²) >= 11 is 0. The Hall–Kier alpha value is -0.770. The van der Waals surface area contributed by atoms with Gasteiger partial charge in [-0.25, -0.2) is 4.79 Å². The number of nitrogens with one attached hydrogen (secondary N) is 1. The van der Waals surface area contributed by atoms with Crippen molar-refractivity contribution in [3.8, 4) is 0 Å². The number of aliphatic hydroxyl groups is 1. The standard InChI is InChI=1S/C17H32N2O2/c1-3-17(13-20)7-9-19(10-8-17)16(21)18-12-15-6-4-5-14(2)11-15/h14-15,20H,3-13H2,1-2H3,(H,18,21). The molecule has 2 aliphatic rings. The highest BCUT2D eigenvalue weighted by molar-refractivity contribution is 5.74. The van der Waals surface area contributed by atoms with E-state index in [1.54, 1.807) is 0 Å². The smallest absolute Gasteiger partial charge is 0.317 e. The second kappa shape index (κ2) is 7.48. The molecule has 0 aromatic rings. The Morgan fingerprint density at radius 1 is 1.33 bits per heavy atom. The molecule has 122 valence electrons. The fraction of sp³-hybridized carbons (Fsp3) is 0.941. The van der Waals surface area contributed by atoms with Crippen molar-refractivity contribution in [1.82, 2.24) is 10.2 Å². The summed E-state index contributed by atoms with van der Waals surface area (Å²) in [6.45, 7) is 7.09. The monoisotopic (exact) mass is 296 g/mol. The van der Waals surface area contributed by atoms with E-state index in [1.165, 1.54) is 25.7 Å². The average Bonchev–Trinajstić information content (AvgIpc) is 2.53. The minimum Gasteiger partial charge on any atom is -0.396 e. The lowest BCUT2D eigenvalue weighted by Crippen LogP contribution is -2.49. The zero-order chi connectivity index (χ0) is 15.3. The summed E-state index contributed by atoms with van der Waals surface area (Å²) in [6, 6.07) is 0.0934. The number of rotatable bonds is 4. The average molecular weight is 296 g/mol. The molecule has 1 aliphatic heterocycles. The molecule has 2 N–H and O–H groups in total. The number of aliphatic hydroxyl groups excluding tert-OH is 1. The van der Waals surface area contributed by atoms with Gasteiger partial charge >= 0.3 is 6.03 Å². The molecule has 1 aliphatic carbocycles. The van der Waals surface area contributed by atoms with Crippen LogP contribution in [0, 0.1) is 17.3 Å². The molecule has 1 saturated carbocycles. The van der Waals surface area contributed by atoms with Gasteiger partial charge in [0.25, 0.3) is 0 Å². The SMILES string of the molecule is CCC1(CO)CCN(C(=O)NCC2CCCC(C)C2)CC1. The van der Waals surface area contributed by atoms with E-state index >= 15 is 0 Å². The molecule has 0 radical (unpaired) electrons. The largest absolute Gasteiger partial charge is 0.396 e. The Balaban J connectivity index is 1.72. The molecule has 1 saturated heterocycles. The van der Waals surface area contributed by atoms with Gasteiger partial charge in [0.2, 0.25) is 0 Å². The molecule has 2 fully saturated rings. The molecule has 21 heavy (non-hydrogen) atoms. The van der Waals surface area contributed by atoms with Gasteiger partial charge in [-0.15, -0.1) is 0 Å². The van der Waals surface area contributed by atoms with Crippen LogP contribution in [0.4, 0.5) is 4.79 Å². The van der Waals surface area contributed by atoms with Crippen LogP contribution < -0.4 is 5.32 Å². The van der Waals surface area contributed by atoms with Gasteiger partial charge in [-0.3, -0.25) is 0 Å².